The molecule has 27 heavy (non-hydrogen) atoms. The summed E-state index contributed by atoms with van der Waals surface area (Å²) in [5.41, 5.74) is 0.545. The van der Waals surface area contributed by atoms with E-state index < -0.39 is 11.6 Å². The number of nitrogens with zero attached hydrogens (tertiary/aromatic N) is 2. The molecule has 1 atom stereocenters. The summed E-state index contributed by atoms with van der Waals surface area (Å²) in [6, 6.07) is 10.0. The third-order valence-electron chi connectivity index (χ3n) is 6.21. The molecule has 0 aromatic heterocycles. The maximum atomic E-state index is 12.7. The van der Waals surface area contributed by atoms with E-state index in [1.807, 2.05) is 18.2 Å². The molecule has 2 heterocycles. The second kappa shape index (κ2) is 7.48. The van der Waals surface area contributed by atoms with Gasteiger partial charge in [0.05, 0.1) is 32.7 Å². The first-order valence-electron chi connectivity index (χ1n) is 10.0. The fourth-order valence-corrected chi connectivity index (χ4v) is 4.69. The average Bonchev–Trinajstić information content (AvgIpc) is 3.24. The number of aliphatic hydroxyl groups excluding tert-OH is 1. The van der Waals surface area contributed by atoms with Gasteiger partial charge in [0, 0.05) is 5.69 Å². The third kappa shape index (κ3) is 3.66. The summed E-state index contributed by atoms with van der Waals surface area (Å²) in [4.78, 5) is 29.8. The molecule has 0 radical (unpaired) electrons. The number of piperazine rings is 1. The van der Waals surface area contributed by atoms with Gasteiger partial charge in [-0.3, -0.25) is 9.69 Å². The minimum Gasteiger partial charge on any atom is -0.385 e. The summed E-state index contributed by atoms with van der Waals surface area (Å²) < 4.78 is 0. The Kier molecular flexibility index (Phi) is 5.06. The van der Waals surface area contributed by atoms with Gasteiger partial charge in [0.1, 0.15) is 18.2 Å². The maximum Gasteiger partial charge on any atom is 0.325 e. The number of rotatable bonds is 5. The lowest BCUT2D eigenvalue weighted by molar-refractivity contribution is -0.903. The second-order valence-electron chi connectivity index (χ2n) is 8.07. The summed E-state index contributed by atoms with van der Waals surface area (Å²) in [5, 5.41) is 13.4. The first-order valence-corrected chi connectivity index (χ1v) is 10.0. The minimum atomic E-state index is -0.690. The highest BCUT2D eigenvalue weighted by molar-refractivity contribution is 6.07. The van der Waals surface area contributed by atoms with Crippen molar-refractivity contribution in [3.05, 3.63) is 30.3 Å². The van der Waals surface area contributed by atoms with Gasteiger partial charge in [-0.1, -0.05) is 31.0 Å². The smallest absolute Gasteiger partial charge is 0.325 e. The van der Waals surface area contributed by atoms with Crippen molar-refractivity contribution in [2.45, 2.75) is 37.3 Å². The number of urea groups is 1. The van der Waals surface area contributed by atoms with Crippen molar-refractivity contribution >= 4 is 17.6 Å². The van der Waals surface area contributed by atoms with Gasteiger partial charge in [0.2, 0.25) is 0 Å². The zero-order valence-corrected chi connectivity index (χ0v) is 15.7. The lowest BCUT2D eigenvalue weighted by Gasteiger charge is -2.34. The number of amides is 3. The summed E-state index contributed by atoms with van der Waals surface area (Å²) in [7, 11) is 0. The molecule has 3 aliphatic rings. The monoisotopic (exact) mass is 373 g/mol. The van der Waals surface area contributed by atoms with E-state index in [-0.39, 0.29) is 18.5 Å². The largest absolute Gasteiger partial charge is 0.385 e. The number of β-amino-alcohol motifs (C(OH)–C–C–N with tert-alkyl or cyclic N) is 1. The Hall–Kier alpha value is -2.12. The first-order chi connectivity index (χ1) is 13.1. The molecule has 7 heteroatoms. The standard InChI is InChI=1S/C20H28N4O3/c25-17(15-24-18(26)20(21-19(24)27)8-4-5-9-20)14-22-10-12-23(13-11-22)16-6-2-1-3-7-16/h1-3,6-7,17,25H,4-5,8-15H2,(H,21,27)/p+1/t17-/m0/s1. The molecule has 3 N–H and O–H groups in total. The average molecular weight is 373 g/mol. The number of quaternary nitrogens is 1. The van der Waals surface area contributed by atoms with E-state index in [0.717, 1.165) is 51.9 Å². The molecule has 0 bridgehead atoms. The van der Waals surface area contributed by atoms with Crippen LogP contribution in [0.4, 0.5) is 10.5 Å². The van der Waals surface area contributed by atoms with E-state index in [1.165, 1.54) is 15.5 Å². The maximum absolute atomic E-state index is 12.7. The van der Waals surface area contributed by atoms with Crippen LogP contribution in [0.25, 0.3) is 0 Å². The number of aliphatic hydroxyl groups is 1. The highest BCUT2D eigenvalue weighted by atomic mass is 16.3. The molecule has 2 aliphatic heterocycles. The summed E-state index contributed by atoms with van der Waals surface area (Å²) in [6.07, 6.45) is 2.69. The molecule has 0 unspecified atom stereocenters. The molecule has 1 aromatic carbocycles. The molecule has 4 rings (SSSR count). The Labute approximate surface area is 159 Å². The van der Waals surface area contributed by atoms with Crippen LogP contribution in [0.2, 0.25) is 0 Å². The van der Waals surface area contributed by atoms with Crippen LogP contribution in [0.3, 0.4) is 0 Å². The Morgan fingerprint density at radius 2 is 1.78 bits per heavy atom. The number of para-hydroxylation sites is 1. The lowest BCUT2D eigenvalue weighted by atomic mass is 9.98. The summed E-state index contributed by atoms with van der Waals surface area (Å²) in [6.45, 7) is 4.42. The van der Waals surface area contributed by atoms with Gasteiger partial charge >= 0.3 is 6.03 Å². The van der Waals surface area contributed by atoms with Gasteiger partial charge < -0.3 is 20.2 Å². The van der Waals surface area contributed by atoms with Crippen LogP contribution in [0.1, 0.15) is 25.7 Å². The van der Waals surface area contributed by atoms with Crippen LogP contribution >= 0.6 is 0 Å². The topological polar surface area (TPSA) is 77.3 Å². The van der Waals surface area contributed by atoms with Crippen molar-refractivity contribution in [1.29, 1.82) is 0 Å². The van der Waals surface area contributed by atoms with Crippen molar-refractivity contribution in [2.75, 3.05) is 44.2 Å². The second-order valence-corrected chi connectivity index (χ2v) is 8.07. The quantitative estimate of drug-likeness (QED) is 0.615. The van der Waals surface area contributed by atoms with Crippen LogP contribution in [0, 0.1) is 0 Å². The van der Waals surface area contributed by atoms with Crippen LogP contribution in [0.5, 0.6) is 0 Å². The van der Waals surface area contributed by atoms with Crippen molar-refractivity contribution in [2.24, 2.45) is 0 Å². The number of carbonyl (C=O) groups excluding carboxylic acids is 2. The number of nitrogens with one attached hydrogen (secondary N) is 2. The highest BCUT2D eigenvalue weighted by Crippen LogP contribution is 2.34. The molecule has 146 valence electrons. The Morgan fingerprint density at radius 3 is 2.44 bits per heavy atom. The third-order valence-corrected chi connectivity index (χ3v) is 6.21. The van der Waals surface area contributed by atoms with Gasteiger partial charge in [-0.2, -0.15) is 0 Å². The first kappa shape index (κ1) is 18.3. The number of imide groups is 1. The molecule has 1 spiro atoms. The molecule has 1 saturated carbocycles. The van der Waals surface area contributed by atoms with Crippen molar-refractivity contribution < 1.29 is 19.6 Å². The number of hydrogen-bond donors (Lipinski definition) is 3. The van der Waals surface area contributed by atoms with Crippen LogP contribution in [0.15, 0.2) is 30.3 Å². The normalized spacial score (nSPS) is 23.9. The molecule has 3 amide bonds. The Balaban J connectivity index is 1.27. The van der Waals surface area contributed by atoms with Crippen molar-refractivity contribution in [3.8, 4) is 0 Å². The van der Waals surface area contributed by atoms with E-state index in [9.17, 15) is 14.7 Å². The van der Waals surface area contributed by atoms with Gasteiger partial charge in [-0.25, -0.2) is 4.79 Å². The lowest BCUT2D eigenvalue weighted by Crippen LogP contribution is -3.16. The van der Waals surface area contributed by atoms with E-state index in [1.54, 1.807) is 0 Å². The summed E-state index contributed by atoms with van der Waals surface area (Å²) in [5.74, 6) is -0.145. The summed E-state index contributed by atoms with van der Waals surface area (Å²) >= 11 is 0. The Bertz CT molecular complexity index is 682. The number of carbonyl (C=O) groups is 2. The molecule has 1 aromatic rings. The van der Waals surface area contributed by atoms with E-state index in [2.05, 4.69) is 22.3 Å². The van der Waals surface area contributed by atoms with E-state index >= 15 is 0 Å². The van der Waals surface area contributed by atoms with Crippen LogP contribution in [-0.4, -0.2) is 72.9 Å². The van der Waals surface area contributed by atoms with E-state index in [0.29, 0.717) is 6.54 Å². The predicted octanol–water partition coefficient (Wildman–Crippen LogP) is -0.383. The molecule has 1 aliphatic carbocycles. The number of benzene rings is 1. The van der Waals surface area contributed by atoms with E-state index in [4.69, 9.17) is 0 Å². The molecular formula is C20H29N4O3+. The zero-order chi connectivity index (χ0) is 18.9. The van der Waals surface area contributed by atoms with Gasteiger partial charge in [0.25, 0.3) is 5.91 Å². The van der Waals surface area contributed by atoms with Gasteiger partial charge in [0.15, 0.2) is 0 Å². The molecule has 7 nitrogen and oxygen atoms in total. The SMILES string of the molecule is O=C1NC2(CCCC2)C(=O)N1C[C@@H](O)C[NH+]1CCN(c2ccccc2)CC1. The fraction of sp³-hybridized carbons (Fsp3) is 0.600. The molecule has 2 saturated heterocycles. The minimum absolute atomic E-state index is 0.0956. The predicted molar refractivity (Wildman–Crippen MR) is 102 cm³/mol. The zero-order valence-electron chi connectivity index (χ0n) is 15.7. The Morgan fingerprint density at radius 1 is 1.11 bits per heavy atom. The number of hydrogen-bond acceptors (Lipinski definition) is 4. The number of anilines is 1. The van der Waals surface area contributed by atoms with Gasteiger partial charge in [-0.05, 0) is 25.0 Å². The highest BCUT2D eigenvalue weighted by Gasteiger charge is 2.52. The van der Waals surface area contributed by atoms with Gasteiger partial charge in [-0.15, -0.1) is 0 Å². The van der Waals surface area contributed by atoms with Crippen LogP contribution in [-0.2, 0) is 4.79 Å². The molecular weight excluding hydrogens is 344 g/mol. The van der Waals surface area contributed by atoms with Crippen molar-refractivity contribution in [3.63, 3.8) is 0 Å². The van der Waals surface area contributed by atoms with Crippen molar-refractivity contribution in [1.82, 2.24) is 10.2 Å². The van der Waals surface area contributed by atoms with Crippen LogP contribution < -0.4 is 15.1 Å². The molecule has 3 fully saturated rings. The fourth-order valence-electron chi connectivity index (χ4n) is 4.69.